The zero-order valence-corrected chi connectivity index (χ0v) is 16.5. The summed E-state index contributed by atoms with van der Waals surface area (Å²) in [6, 6.07) is 13.2. The van der Waals surface area contributed by atoms with E-state index in [9.17, 15) is 9.59 Å². The zero-order valence-electron chi connectivity index (χ0n) is 14.9. The first kappa shape index (κ1) is 20.0. The van der Waals surface area contributed by atoms with E-state index in [2.05, 4.69) is 21.2 Å². The van der Waals surface area contributed by atoms with Gasteiger partial charge in [-0.3, -0.25) is 9.59 Å². The minimum Gasteiger partial charge on any atom is -0.494 e. The molecule has 1 N–H and O–H groups in total. The number of rotatable bonds is 8. The zero-order chi connectivity index (χ0) is 18.9. The summed E-state index contributed by atoms with van der Waals surface area (Å²) in [5, 5.41) is 2.72. The van der Waals surface area contributed by atoms with Crippen LogP contribution in [0.2, 0.25) is 0 Å². The van der Waals surface area contributed by atoms with Gasteiger partial charge in [0, 0.05) is 16.6 Å². The fourth-order valence-corrected chi connectivity index (χ4v) is 2.69. The van der Waals surface area contributed by atoms with Gasteiger partial charge in [0.05, 0.1) is 6.61 Å². The Hall–Kier alpha value is -2.34. The molecule has 0 bridgehead atoms. The molecule has 0 spiro atoms. The number of amides is 1. The lowest BCUT2D eigenvalue weighted by atomic mass is 10.2. The summed E-state index contributed by atoms with van der Waals surface area (Å²) >= 11 is 3.37. The van der Waals surface area contributed by atoms with Gasteiger partial charge in [0.25, 0.3) is 5.91 Å². The Bertz CT molecular complexity index is 759. The summed E-state index contributed by atoms with van der Waals surface area (Å²) in [4.78, 5) is 23.6. The fraction of sp³-hybridized carbons (Fsp3) is 0.300. The van der Waals surface area contributed by atoms with Gasteiger partial charge in [-0.1, -0.05) is 33.6 Å². The van der Waals surface area contributed by atoms with Crippen molar-refractivity contribution in [2.45, 2.75) is 26.7 Å². The highest BCUT2D eigenvalue weighted by atomic mass is 79.9. The molecule has 0 unspecified atom stereocenters. The van der Waals surface area contributed by atoms with Crippen LogP contribution in [0.3, 0.4) is 0 Å². The SMILES string of the molecule is Cc1ccc(OCCCC(=O)OCC(=O)Nc2ccc(Br)cc2C)cc1. The van der Waals surface area contributed by atoms with Crippen molar-refractivity contribution < 1.29 is 19.1 Å². The molecule has 138 valence electrons. The van der Waals surface area contributed by atoms with Gasteiger partial charge >= 0.3 is 5.97 Å². The third kappa shape index (κ3) is 6.88. The van der Waals surface area contributed by atoms with Gasteiger partial charge in [0.15, 0.2) is 6.61 Å². The van der Waals surface area contributed by atoms with Gasteiger partial charge in [-0.2, -0.15) is 0 Å². The Kier molecular flexibility index (Phi) is 7.66. The molecule has 0 aromatic heterocycles. The Morgan fingerprint density at radius 2 is 1.81 bits per heavy atom. The van der Waals surface area contributed by atoms with E-state index in [1.165, 1.54) is 0 Å². The molecule has 6 heteroatoms. The van der Waals surface area contributed by atoms with Crippen molar-refractivity contribution in [1.29, 1.82) is 0 Å². The Balaban J connectivity index is 1.63. The predicted molar refractivity (Wildman–Crippen MR) is 104 cm³/mol. The molecular formula is C20H22BrNO4. The topological polar surface area (TPSA) is 64.6 Å². The number of hydrogen-bond acceptors (Lipinski definition) is 4. The number of benzene rings is 2. The van der Waals surface area contributed by atoms with Gasteiger partial charge in [0.1, 0.15) is 5.75 Å². The molecule has 5 nitrogen and oxygen atoms in total. The summed E-state index contributed by atoms with van der Waals surface area (Å²) in [7, 11) is 0. The van der Waals surface area contributed by atoms with Crippen LogP contribution in [0.25, 0.3) is 0 Å². The van der Waals surface area contributed by atoms with Crippen molar-refractivity contribution in [3.63, 3.8) is 0 Å². The summed E-state index contributed by atoms with van der Waals surface area (Å²) in [5.74, 6) is -0.00641. The van der Waals surface area contributed by atoms with E-state index < -0.39 is 5.97 Å². The van der Waals surface area contributed by atoms with Crippen LogP contribution in [0.1, 0.15) is 24.0 Å². The van der Waals surface area contributed by atoms with Crippen molar-refractivity contribution in [1.82, 2.24) is 0 Å². The molecule has 0 heterocycles. The van der Waals surface area contributed by atoms with Crippen LogP contribution in [-0.2, 0) is 14.3 Å². The first-order valence-corrected chi connectivity index (χ1v) is 9.14. The van der Waals surface area contributed by atoms with Crippen LogP contribution in [0, 0.1) is 13.8 Å². The molecule has 0 aliphatic heterocycles. The van der Waals surface area contributed by atoms with Crippen molar-refractivity contribution in [3.05, 3.63) is 58.1 Å². The van der Waals surface area contributed by atoms with E-state index in [0.29, 0.717) is 18.7 Å². The average Bonchev–Trinajstić information content (AvgIpc) is 2.61. The number of hydrogen-bond donors (Lipinski definition) is 1. The maximum Gasteiger partial charge on any atom is 0.306 e. The number of halogens is 1. The van der Waals surface area contributed by atoms with Crippen molar-refractivity contribution in [3.8, 4) is 5.75 Å². The largest absolute Gasteiger partial charge is 0.494 e. The number of esters is 1. The quantitative estimate of drug-likeness (QED) is 0.508. The Labute approximate surface area is 161 Å². The van der Waals surface area contributed by atoms with Crippen LogP contribution in [0.4, 0.5) is 5.69 Å². The molecular weight excluding hydrogens is 398 g/mol. The Morgan fingerprint density at radius 1 is 1.08 bits per heavy atom. The van der Waals surface area contributed by atoms with Crippen LogP contribution in [0.15, 0.2) is 46.9 Å². The smallest absolute Gasteiger partial charge is 0.306 e. The molecule has 0 aliphatic rings. The summed E-state index contributed by atoms with van der Waals surface area (Å²) < 4.78 is 11.5. The standard InChI is InChI=1S/C20H22BrNO4/c1-14-5-8-17(9-6-14)25-11-3-4-20(24)26-13-19(23)22-18-10-7-16(21)12-15(18)2/h5-10,12H,3-4,11,13H2,1-2H3,(H,22,23). The normalized spacial score (nSPS) is 10.3. The number of aryl methyl sites for hydroxylation is 2. The molecule has 2 aromatic rings. The van der Waals surface area contributed by atoms with Gasteiger partial charge in [-0.25, -0.2) is 0 Å². The van der Waals surface area contributed by atoms with Crippen LogP contribution in [0.5, 0.6) is 5.75 Å². The number of anilines is 1. The molecule has 0 fully saturated rings. The van der Waals surface area contributed by atoms with Gasteiger partial charge in [-0.05, 0) is 56.2 Å². The highest BCUT2D eigenvalue weighted by molar-refractivity contribution is 9.10. The molecule has 0 aliphatic carbocycles. The number of carbonyl (C=O) groups is 2. The summed E-state index contributed by atoms with van der Waals surface area (Å²) in [6.45, 7) is 4.02. The van der Waals surface area contributed by atoms with E-state index in [4.69, 9.17) is 9.47 Å². The van der Waals surface area contributed by atoms with Crippen molar-refractivity contribution >= 4 is 33.5 Å². The predicted octanol–water partition coefficient (Wildman–Crippen LogP) is 4.41. The lowest BCUT2D eigenvalue weighted by molar-refractivity contribution is -0.147. The molecule has 2 rings (SSSR count). The van der Waals surface area contributed by atoms with Crippen molar-refractivity contribution in [2.75, 3.05) is 18.5 Å². The third-order valence-corrected chi connectivity index (χ3v) is 4.13. The lowest BCUT2D eigenvalue weighted by Gasteiger charge is -2.09. The number of nitrogens with one attached hydrogen (secondary N) is 1. The lowest BCUT2D eigenvalue weighted by Crippen LogP contribution is -2.21. The number of carbonyl (C=O) groups excluding carboxylic acids is 2. The van der Waals surface area contributed by atoms with Crippen LogP contribution >= 0.6 is 15.9 Å². The van der Waals surface area contributed by atoms with Crippen LogP contribution < -0.4 is 10.1 Å². The molecule has 0 radical (unpaired) electrons. The second-order valence-electron chi connectivity index (χ2n) is 5.93. The van der Waals surface area contributed by atoms with Gasteiger partial charge < -0.3 is 14.8 Å². The first-order chi connectivity index (χ1) is 12.4. The molecule has 0 saturated heterocycles. The van der Waals surface area contributed by atoms with E-state index in [1.807, 2.05) is 50.2 Å². The van der Waals surface area contributed by atoms with E-state index in [1.54, 1.807) is 6.07 Å². The minimum absolute atomic E-state index is 0.205. The summed E-state index contributed by atoms with van der Waals surface area (Å²) in [6.07, 6.45) is 0.733. The van der Waals surface area contributed by atoms with Gasteiger partial charge in [0.2, 0.25) is 0 Å². The van der Waals surface area contributed by atoms with E-state index in [0.717, 1.165) is 21.3 Å². The molecule has 1 amide bonds. The first-order valence-electron chi connectivity index (χ1n) is 8.35. The molecule has 0 atom stereocenters. The summed E-state index contributed by atoms with van der Waals surface area (Å²) in [5.41, 5.74) is 2.78. The Morgan fingerprint density at radius 3 is 2.50 bits per heavy atom. The second-order valence-corrected chi connectivity index (χ2v) is 6.85. The second kappa shape index (κ2) is 9.97. The molecule has 0 saturated carbocycles. The average molecular weight is 420 g/mol. The highest BCUT2D eigenvalue weighted by Crippen LogP contribution is 2.19. The monoisotopic (exact) mass is 419 g/mol. The third-order valence-electron chi connectivity index (χ3n) is 3.64. The van der Waals surface area contributed by atoms with Gasteiger partial charge in [-0.15, -0.1) is 0 Å². The minimum atomic E-state index is -0.416. The fourth-order valence-electron chi connectivity index (χ4n) is 2.21. The maximum atomic E-state index is 11.9. The maximum absolute atomic E-state index is 11.9. The van der Waals surface area contributed by atoms with E-state index in [-0.39, 0.29) is 18.9 Å². The van der Waals surface area contributed by atoms with Crippen molar-refractivity contribution in [2.24, 2.45) is 0 Å². The van der Waals surface area contributed by atoms with E-state index >= 15 is 0 Å². The highest BCUT2D eigenvalue weighted by Gasteiger charge is 2.09. The molecule has 2 aromatic carbocycles. The molecule has 26 heavy (non-hydrogen) atoms. The van der Waals surface area contributed by atoms with Crippen LogP contribution in [-0.4, -0.2) is 25.1 Å². The number of ether oxygens (including phenoxy) is 2.